The maximum atomic E-state index is 12.2. The molecule has 0 atom stereocenters. The Morgan fingerprint density at radius 3 is 2.29 bits per heavy atom. The number of amides is 1. The Bertz CT molecular complexity index is 1010. The Morgan fingerprint density at radius 2 is 1.61 bits per heavy atom. The first-order valence-corrected chi connectivity index (χ1v) is 8.67. The minimum atomic E-state index is -1.23. The van der Waals surface area contributed by atoms with Gasteiger partial charge in [-0.1, -0.05) is 48.0 Å². The molecule has 2 N–H and O–H groups in total. The van der Waals surface area contributed by atoms with E-state index >= 15 is 0 Å². The number of rotatable bonds is 6. The van der Waals surface area contributed by atoms with Crippen LogP contribution in [-0.2, 0) is 4.79 Å². The number of carboxylic acid groups (broad SMARTS) is 1. The van der Waals surface area contributed by atoms with E-state index in [0.717, 1.165) is 5.56 Å². The predicted molar refractivity (Wildman–Crippen MR) is 107 cm³/mol. The van der Waals surface area contributed by atoms with Crippen molar-refractivity contribution in [2.24, 2.45) is 0 Å². The van der Waals surface area contributed by atoms with Gasteiger partial charge in [0.2, 0.25) is 0 Å². The molecule has 0 spiro atoms. The van der Waals surface area contributed by atoms with Gasteiger partial charge in [0.15, 0.2) is 0 Å². The van der Waals surface area contributed by atoms with Crippen molar-refractivity contribution in [3.63, 3.8) is 0 Å². The first kappa shape index (κ1) is 18.9. The number of carboxylic acids is 1. The van der Waals surface area contributed by atoms with Gasteiger partial charge in [-0.15, -0.1) is 0 Å². The van der Waals surface area contributed by atoms with E-state index in [9.17, 15) is 14.7 Å². The Kier molecular flexibility index (Phi) is 5.87. The number of nitrogens with one attached hydrogen (secondary N) is 1. The number of aliphatic carboxylic acids is 1. The average Bonchev–Trinajstić information content (AvgIpc) is 2.70. The summed E-state index contributed by atoms with van der Waals surface area (Å²) in [5, 5.41) is 11.9. The van der Waals surface area contributed by atoms with Gasteiger partial charge in [-0.25, -0.2) is 4.79 Å². The summed E-state index contributed by atoms with van der Waals surface area (Å²) in [6.45, 7) is 1.99. The molecule has 3 aromatic rings. The van der Waals surface area contributed by atoms with Gasteiger partial charge in [-0.05, 0) is 55.0 Å². The van der Waals surface area contributed by atoms with Gasteiger partial charge in [-0.3, -0.25) is 4.79 Å². The van der Waals surface area contributed by atoms with E-state index in [1.165, 1.54) is 6.08 Å². The fourth-order valence-corrected chi connectivity index (χ4v) is 2.51. The highest BCUT2D eigenvalue weighted by Gasteiger charge is 2.13. The number of ether oxygens (including phenoxy) is 1. The van der Waals surface area contributed by atoms with Crippen molar-refractivity contribution in [3.05, 3.63) is 101 Å². The molecule has 0 aromatic heterocycles. The van der Waals surface area contributed by atoms with Crippen LogP contribution in [0.15, 0.2) is 84.6 Å². The largest absolute Gasteiger partial charge is 0.477 e. The first-order chi connectivity index (χ1) is 13.5. The number of hydrogen-bond donors (Lipinski definition) is 2. The molecule has 3 rings (SSSR count). The van der Waals surface area contributed by atoms with Crippen LogP contribution in [0.4, 0.5) is 0 Å². The van der Waals surface area contributed by atoms with Gasteiger partial charge in [0, 0.05) is 5.56 Å². The summed E-state index contributed by atoms with van der Waals surface area (Å²) in [4.78, 5) is 23.8. The highest BCUT2D eigenvalue weighted by atomic mass is 16.5. The van der Waals surface area contributed by atoms with E-state index in [0.29, 0.717) is 22.6 Å². The summed E-state index contributed by atoms with van der Waals surface area (Å²) in [5.41, 5.74) is 1.88. The zero-order chi connectivity index (χ0) is 19.9. The lowest BCUT2D eigenvalue weighted by atomic mass is 10.1. The predicted octanol–water partition coefficient (Wildman–Crippen LogP) is 4.64. The maximum absolute atomic E-state index is 12.2. The smallest absolute Gasteiger partial charge is 0.352 e. The van der Waals surface area contributed by atoms with E-state index in [1.54, 1.807) is 54.6 Å². The molecule has 0 aliphatic heterocycles. The Hall–Kier alpha value is -3.86. The van der Waals surface area contributed by atoms with Gasteiger partial charge < -0.3 is 15.2 Å². The summed E-state index contributed by atoms with van der Waals surface area (Å²) in [5.74, 6) is -0.463. The van der Waals surface area contributed by atoms with Crippen molar-refractivity contribution in [2.45, 2.75) is 6.92 Å². The van der Waals surface area contributed by atoms with Crippen LogP contribution in [-0.4, -0.2) is 17.0 Å². The summed E-state index contributed by atoms with van der Waals surface area (Å²) < 4.78 is 5.80. The van der Waals surface area contributed by atoms with E-state index in [2.05, 4.69) is 5.32 Å². The van der Waals surface area contributed by atoms with Crippen LogP contribution in [0.5, 0.6) is 11.5 Å². The van der Waals surface area contributed by atoms with Crippen molar-refractivity contribution >= 4 is 18.0 Å². The van der Waals surface area contributed by atoms with Crippen molar-refractivity contribution in [3.8, 4) is 11.5 Å². The monoisotopic (exact) mass is 373 g/mol. The van der Waals surface area contributed by atoms with Crippen LogP contribution in [0.3, 0.4) is 0 Å². The molecule has 0 aliphatic carbocycles. The van der Waals surface area contributed by atoms with E-state index < -0.39 is 11.9 Å². The fourth-order valence-electron chi connectivity index (χ4n) is 2.51. The van der Waals surface area contributed by atoms with Crippen molar-refractivity contribution < 1.29 is 19.4 Å². The second kappa shape index (κ2) is 8.68. The average molecular weight is 373 g/mol. The zero-order valence-electron chi connectivity index (χ0n) is 15.3. The van der Waals surface area contributed by atoms with Crippen molar-refractivity contribution in [1.29, 1.82) is 0 Å². The molecule has 0 unspecified atom stereocenters. The van der Waals surface area contributed by atoms with E-state index in [4.69, 9.17) is 4.74 Å². The summed E-state index contributed by atoms with van der Waals surface area (Å²) in [7, 11) is 0. The van der Waals surface area contributed by atoms with Crippen molar-refractivity contribution in [2.75, 3.05) is 0 Å². The van der Waals surface area contributed by atoms with Gasteiger partial charge in [0.05, 0.1) is 0 Å². The van der Waals surface area contributed by atoms with Gasteiger partial charge >= 0.3 is 5.97 Å². The minimum absolute atomic E-state index is 0.221. The highest BCUT2D eigenvalue weighted by Crippen LogP contribution is 2.23. The molecule has 5 nitrogen and oxygen atoms in total. The Balaban J connectivity index is 1.80. The minimum Gasteiger partial charge on any atom is -0.477 e. The van der Waals surface area contributed by atoms with E-state index in [-0.39, 0.29) is 5.70 Å². The molecule has 140 valence electrons. The van der Waals surface area contributed by atoms with Crippen molar-refractivity contribution in [1.82, 2.24) is 5.32 Å². The quantitative estimate of drug-likeness (QED) is 0.617. The number of benzene rings is 3. The van der Waals surface area contributed by atoms with Crippen LogP contribution in [0.25, 0.3) is 6.08 Å². The Labute approximate surface area is 162 Å². The third-order valence-corrected chi connectivity index (χ3v) is 3.94. The fraction of sp³-hybridized carbons (Fsp3) is 0.0435. The summed E-state index contributed by atoms with van der Waals surface area (Å²) in [6, 6.07) is 23.0. The topological polar surface area (TPSA) is 75.6 Å². The molecular formula is C23H19NO4. The van der Waals surface area contributed by atoms with Crippen LogP contribution >= 0.6 is 0 Å². The SMILES string of the molecule is Cc1ccc(Oc2cccc(C=C(NC(=O)c3ccccc3)C(=O)O)c2)cc1. The van der Waals surface area contributed by atoms with Gasteiger partial charge in [0.25, 0.3) is 5.91 Å². The van der Waals surface area contributed by atoms with Gasteiger partial charge in [0.1, 0.15) is 17.2 Å². The van der Waals surface area contributed by atoms with Gasteiger partial charge in [-0.2, -0.15) is 0 Å². The lowest BCUT2D eigenvalue weighted by Gasteiger charge is -2.08. The third-order valence-electron chi connectivity index (χ3n) is 3.94. The molecule has 0 saturated heterocycles. The highest BCUT2D eigenvalue weighted by molar-refractivity contribution is 6.02. The molecule has 0 bridgehead atoms. The molecule has 28 heavy (non-hydrogen) atoms. The lowest BCUT2D eigenvalue weighted by molar-refractivity contribution is -0.132. The second-order valence-electron chi connectivity index (χ2n) is 6.17. The third kappa shape index (κ3) is 5.08. The summed E-state index contributed by atoms with van der Waals surface area (Å²) in [6.07, 6.45) is 1.39. The molecule has 0 heterocycles. The first-order valence-electron chi connectivity index (χ1n) is 8.67. The molecule has 0 fully saturated rings. The van der Waals surface area contributed by atoms with Crippen LogP contribution in [0, 0.1) is 6.92 Å². The maximum Gasteiger partial charge on any atom is 0.352 e. The molecular weight excluding hydrogens is 354 g/mol. The van der Waals surface area contributed by atoms with E-state index in [1.807, 2.05) is 31.2 Å². The molecule has 3 aromatic carbocycles. The number of hydrogen-bond acceptors (Lipinski definition) is 3. The lowest BCUT2D eigenvalue weighted by Crippen LogP contribution is -2.27. The van der Waals surface area contributed by atoms with Crippen LogP contribution < -0.4 is 10.1 Å². The molecule has 0 saturated carbocycles. The van der Waals surface area contributed by atoms with Crippen LogP contribution in [0.2, 0.25) is 0 Å². The number of aryl methyl sites for hydroxylation is 1. The molecule has 0 radical (unpaired) electrons. The molecule has 1 amide bonds. The Morgan fingerprint density at radius 1 is 0.893 bits per heavy atom. The van der Waals surface area contributed by atoms with Crippen LogP contribution in [0.1, 0.15) is 21.5 Å². The molecule has 0 aliphatic rings. The zero-order valence-corrected chi connectivity index (χ0v) is 15.3. The number of carbonyl (C=O) groups is 2. The summed E-state index contributed by atoms with van der Waals surface area (Å²) >= 11 is 0. The second-order valence-corrected chi connectivity index (χ2v) is 6.17. The normalized spacial score (nSPS) is 11.0. The molecule has 5 heteroatoms. The number of carbonyl (C=O) groups excluding carboxylic acids is 1. The standard InChI is InChI=1S/C23H19NO4/c1-16-10-12-19(13-11-16)28-20-9-5-6-17(14-20)15-21(23(26)27)24-22(25)18-7-3-2-4-8-18/h2-15H,1H3,(H,24,25)(H,26,27).